The largest absolute Gasteiger partial charge is 0.417 e. The third-order valence-electron chi connectivity index (χ3n) is 6.81. The van der Waals surface area contributed by atoms with Gasteiger partial charge in [-0.3, -0.25) is 9.78 Å². The molecule has 1 amide bonds. The maximum absolute atomic E-state index is 14.0. The highest BCUT2D eigenvalue weighted by Crippen LogP contribution is 2.36. The molecule has 3 heterocycles. The minimum absolute atomic E-state index is 0.0119. The number of benzene rings is 2. The molecule has 5 rings (SSSR count). The summed E-state index contributed by atoms with van der Waals surface area (Å²) in [7, 11) is 1.95. The third-order valence-corrected chi connectivity index (χ3v) is 6.81. The molecule has 2 aromatic carbocycles. The van der Waals surface area contributed by atoms with Crippen LogP contribution in [-0.2, 0) is 6.18 Å². The Morgan fingerprint density at radius 1 is 1.08 bits per heavy atom. The number of nitrogens with zero attached hydrogens (tertiary/aromatic N) is 4. The predicted octanol–water partition coefficient (Wildman–Crippen LogP) is 6.28. The van der Waals surface area contributed by atoms with E-state index in [0.717, 1.165) is 30.2 Å². The molecule has 4 aromatic rings. The maximum atomic E-state index is 14.0. The Morgan fingerprint density at radius 2 is 1.92 bits per heavy atom. The molecule has 1 aliphatic heterocycles. The van der Waals surface area contributed by atoms with Crippen LogP contribution in [0.3, 0.4) is 0 Å². The molecule has 0 saturated carbocycles. The average Bonchev–Trinajstić information content (AvgIpc) is 3.36. The molecule has 1 saturated heterocycles. The molecule has 1 fully saturated rings. The number of pyridine rings is 1. The van der Waals surface area contributed by atoms with Crippen molar-refractivity contribution in [2.24, 2.45) is 0 Å². The summed E-state index contributed by atoms with van der Waals surface area (Å²) in [6.45, 7) is 3.38. The number of hydrogen-bond donors (Lipinski definition) is 2. The lowest BCUT2D eigenvalue weighted by molar-refractivity contribution is -0.138. The minimum atomic E-state index is -4.66. The number of hydrogen-bond acceptors (Lipinski definition) is 6. The minimum Gasteiger partial charge on any atom is -0.324 e. The van der Waals surface area contributed by atoms with Gasteiger partial charge in [0.15, 0.2) is 0 Å². The fourth-order valence-electron chi connectivity index (χ4n) is 4.70. The number of amides is 1. The first-order valence-electron chi connectivity index (χ1n) is 12.5. The molecule has 1 unspecified atom stereocenters. The van der Waals surface area contributed by atoms with E-state index in [1.165, 1.54) is 6.07 Å². The van der Waals surface area contributed by atoms with Crippen LogP contribution < -0.4 is 10.6 Å². The van der Waals surface area contributed by atoms with E-state index in [0.29, 0.717) is 35.1 Å². The van der Waals surface area contributed by atoms with E-state index in [1.807, 2.05) is 26.1 Å². The summed E-state index contributed by atoms with van der Waals surface area (Å²) in [6, 6.07) is 14.5. The van der Waals surface area contributed by atoms with Gasteiger partial charge in [-0.1, -0.05) is 12.1 Å². The van der Waals surface area contributed by atoms with Crippen LogP contribution in [0.25, 0.3) is 11.3 Å². The third kappa shape index (κ3) is 6.06. The van der Waals surface area contributed by atoms with E-state index in [2.05, 4.69) is 30.5 Å². The van der Waals surface area contributed by atoms with E-state index in [1.54, 1.807) is 48.9 Å². The van der Waals surface area contributed by atoms with Crippen LogP contribution in [0.4, 0.5) is 30.5 Å². The lowest BCUT2D eigenvalue weighted by Gasteiger charge is -2.18. The number of nitrogens with one attached hydrogen (secondary N) is 2. The zero-order chi connectivity index (χ0) is 27.6. The summed E-state index contributed by atoms with van der Waals surface area (Å²) in [5.74, 6) is -0.490. The monoisotopic (exact) mass is 532 g/mol. The highest BCUT2D eigenvalue weighted by atomic mass is 19.4. The lowest BCUT2D eigenvalue weighted by Crippen LogP contribution is -2.20. The Labute approximate surface area is 224 Å². The van der Waals surface area contributed by atoms with Crippen LogP contribution in [0, 0.1) is 6.92 Å². The molecule has 0 bridgehead atoms. The quantitative estimate of drug-likeness (QED) is 0.304. The Bertz CT molecular complexity index is 1490. The van der Waals surface area contributed by atoms with Crippen molar-refractivity contribution >= 4 is 23.2 Å². The lowest BCUT2D eigenvalue weighted by atomic mass is 9.93. The van der Waals surface area contributed by atoms with Gasteiger partial charge in [0.1, 0.15) is 0 Å². The molecule has 10 heteroatoms. The first-order valence-corrected chi connectivity index (χ1v) is 12.5. The number of alkyl halides is 3. The predicted molar refractivity (Wildman–Crippen MR) is 144 cm³/mol. The number of likely N-dealkylation sites (tertiary alicyclic amines) is 1. The molecular weight excluding hydrogens is 505 g/mol. The van der Waals surface area contributed by atoms with E-state index in [4.69, 9.17) is 0 Å². The second-order valence-electron chi connectivity index (χ2n) is 9.67. The zero-order valence-electron chi connectivity index (χ0n) is 21.5. The second kappa shape index (κ2) is 10.8. The zero-order valence-corrected chi connectivity index (χ0v) is 21.5. The van der Waals surface area contributed by atoms with Crippen molar-refractivity contribution in [1.82, 2.24) is 19.9 Å². The average molecular weight is 533 g/mol. The van der Waals surface area contributed by atoms with Gasteiger partial charge in [-0.05, 0) is 86.4 Å². The van der Waals surface area contributed by atoms with Crippen LogP contribution >= 0.6 is 0 Å². The standard InChI is InChI=1S/C29H27F3N6O/c1-18-5-7-22(15-26(18)37-28-34-12-9-25(36-28)20-4-3-11-33-16-20)35-27(39)23-8-6-19(14-24(23)29(30,31)32)21-10-13-38(2)17-21/h3-9,11-12,14-16,21H,10,13,17H2,1-2H3,(H,35,39)(H,34,36,37). The molecule has 2 N–H and O–H groups in total. The number of carbonyl (C=O) groups is 1. The molecule has 0 radical (unpaired) electrons. The Morgan fingerprint density at radius 3 is 2.64 bits per heavy atom. The van der Waals surface area contributed by atoms with Crippen LogP contribution in [-0.4, -0.2) is 45.9 Å². The van der Waals surface area contributed by atoms with Gasteiger partial charge >= 0.3 is 6.18 Å². The van der Waals surface area contributed by atoms with Crippen molar-refractivity contribution in [2.75, 3.05) is 30.8 Å². The number of aryl methyl sites for hydroxylation is 1. The van der Waals surface area contributed by atoms with Gasteiger partial charge in [-0.2, -0.15) is 13.2 Å². The smallest absolute Gasteiger partial charge is 0.324 e. The summed E-state index contributed by atoms with van der Waals surface area (Å²) < 4.78 is 42.0. The molecule has 0 aliphatic carbocycles. The van der Waals surface area contributed by atoms with Crippen molar-refractivity contribution < 1.29 is 18.0 Å². The Kier molecular flexibility index (Phi) is 7.30. The van der Waals surface area contributed by atoms with Gasteiger partial charge < -0.3 is 15.5 Å². The molecule has 1 atom stereocenters. The van der Waals surface area contributed by atoms with Crippen LogP contribution in [0.1, 0.15) is 39.4 Å². The van der Waals surface area contributed by atoms with Gasteiger partial charge in [0.25, 0.3) is 5.91 Å². The van der Waals surface area contributed by atoms with Gasteiger partial charge in [0.2, 0.25) is 5.95 Å². The molecular formula is C29H27F3N6O. The van der Waals surface area contributed by atoms with E-state index < -0.39 is 23.2 Å². The van der Waals surface area contributed by atoms with Crippen molar-refractivity contribution in [1.29, 1.82) is 0 Å². The van der Waals surface area contributed by atoms with Crippen molar-refractivity contribution in [3.05, 3.63) is 95.4 Å². The molecule has 0 spiro atoms. The number of rotatable bonds is 6. The number of likely N-dealkylation sites (N-methyl/N-ethyl adjacent to an activating group) is 1. The Hall–Kier alpha value is -4.31. The van der Waals surface area contributed by atoms with Crippen LogP contribution in [0.15, 0.2) is 73.2 Å². The summed E-state index contributed by atoms with van der Waals surface area (Å²) >= 11 is 0. The number of aromatic nitrogens is 3. The number of anilines is 3. The van der Waals surface area contributed by atoms with Gasteiger partial charge in [0, 0.05) is 42.1 Å². The van der Waals surface area contributed by atoms with Crippen molar-refractivity contribution in [3.63, 3.8) is 0 Å². The second-order valence-corrected chi connectivity index (χ2v) is 9.67. The summed E-state index contributed by atoms with van der Waals surface area (Å²) in [6.07, 6.45) is 1.11. The summed E-state index contributed by atoms with van der Waals surface area (Å²) in [5, 5.41) is 5.76. The first-order chi connectivity index (χ1) is 18.7. The highest BCUT2D eigenvalue weighted by Gasteiger charge is 2.36. The van der Waals surface area contributed by atoms with Gasteiger partial charge in [-0.25, -0.2) is 9.97 Å². The van der Waals surface area contributed by atoms with Gasteiger partial charge in [0.05, 0.1) is 16.8 Å². The topological polar surface area (TPSA) is 83.0 Å². The van der Waals surface area contributed by atoms with Crippen molar-refractivity contribution in [2.45, 2.75) is 25.4 Å². The van der Waals surface area contributed by atoms with Crippen LogP contribution in [0.2, 0.25) is 0 Å². The molecule has 39 heavy (non-hydrogen) atoms. The summed E-state index contributed by atoms with van der Waals surface area (Å²) in [5.41, 5.74) is 2.53. The van der Waals surface area contributed by atoms with E-state index in [9.17, 15) is 18.0 Å². The fourth-order valence-corrected chi connectivity index (χ4v) is 4.70. The Balaban J connectivity index is 1.37. The molecule has 200 valence electrons. The van der Waals surface area contributed by atoms with E-state index in [-0.39, 0.29) is 5.92 Å². The first kappa shape index (κ1) is 26.3. The highest BCUT2D eigenvalue weighted by molar-refractivity contribution is 6.05. The molecule has 1 aliphatic rings. The normalized spacial score (nSPS) is 15.8. The number of carbonyl (C=O) groups excluding carboxylic acids is 1. The van der Waals surface area contributed by atoms with Crippen molar-refractivity contribution in [3.8, 4) is 11.3 Å². The number of halogens is 3. The van der Waals surface area contributed by atoms with Gasteiger partial charge in [-0.15, -0.1) is 0 Å². The molecule has 2 aromatic heterocycles. The van der Waals surface area contributed by atoms with E-state index >= 15 is 0 Å². The molecule has 7 nitrogen and oxygen atoms in total. The fraction of sp³-hybridized carbons (Fsp3) is 0.241. The maximum Gasteiger partial charge on any atom is 0.417 e. The summed E-state index contributed by atoms with van der Waals surface area (Å²) in [4.78, 5) is 28.0. The SMILES string of the molecule is Cc1ccc(NC(=O)c2ccc(C3CCN(C)C3)cc2C(F)(F)F)cc1Nc1nccc(-c2cccnc2)n1. The van der Waals surface area contributed by atoms with Crippen LogP contribution in [0.5, 0.6) is 0 Å².